The number of hydrogen-bond donors (Lipinski definition) is 1. The van der Waals surface area contributed by atoms with E-state index in [9.17, 15) is 13.2 Å². The van der Waals surface area contributed by atoms with E-state index in [1.807, 2.05) is 0 Å². The summed E-state index contributed by atoms with van der Waals surface area (Å²) in [4.78, 5) is 17.2. The van der Waals surface area contributed by atoms with Crippen molar-refractivity contribution in [2.75, 3.05) is 63.4 Å². The number of likely N-dealkylation sites (N-methyl/N-ethyl adjacent to an activating group) is 1. The predicted molar refractivity (Wildman–Crippen MR) is 110 cm³/mol. The Bertz CT molecular complexity index is 812. The molecule has 28 heavy (non-hydrogen) atoms. The van der Waals surface area contributed by atoms with E-state index in [0.717, 1.165) is 45.4 Å². The first-order valence-corrected chi connectivity index (χ1v) is 11.6. The molecule has 0 aromatic heterocycles. The van der Waals surface area contributed by atoms with Crippen LogP contribution in [-0.4, -0.2) is 89.3 Å². The fourth-order valence-electron chi connectivity index (χ4n) is 3.37. The highest BCUT2D eigenvalue weighted by Gasteiger charge is 2.35. The molecule has 0 spiro atoms. The van der Waals surface area contributed by atoms with Gasteiger partial charge < -0.3 is 19.9 Å². The second kappa shape index (κ2) is 8.86. The molecule has 1 saturated heterocycles. The summed E-state index contributed by atoms with van der Waals surface area (Å²) in [6, 6.07) is 4.72. The summed E-state index contributed by atoms with van der Waals surface area (Å²) in [5, 5.41) is 3.27. The van der Waals surface area contributed by atoms with Crippen molar-refractivity contribution in [2.45, 2.75) is 12.5 Å². The SMILES string of the molecule is CN1CCN(CCCNC(=O)[C@H]2CN(S(C)(=O)=O)c3cc(Cl)ccc3O2)CC1. The first-order valence-electron chi connectivity index (χ1n) is 9.36. The van der Waals surface area contributed by atoms with Crippen LogP contribution in [0.3, 0.4) is 0 Å². The molecule has 1 atom stereocenters. The number of ether oxygens (including phenoxy) is 1. The molecule has 1 aromatic rings. The van der Waals surface area contributed by atoms with Crippen molar-refractivity contribution < 1.29 is 17.9 Å². The van der Waals surface area contributed by atoms with Crippen LogP contribution < -0.4 is 14.4 Å². The number of sulfonamides is 1. The summed E-state index contributed by atoms with van der Waals surface area (Å²) in [5.74, 6) is 0.0197. The molecule has 0 saturated carbocycles. The number of nitrogens with one attached hydrogen (secondary N) is 1. The van der Waals surface area contributed by atoms with Crippen molar-refractivity contribution in [1.29, 1.82) is 0 Å². The van der Waals surface area contributed by atoms with Gasteiger partial charge in [0.15, 0.2) is 6.10 Å². The molecule has 0 aliphatic carbocycles. The number of piperazine rings is 1. The molecule has 0 radical (unpaired) electrons. The van der Waals surface area contributed by atoms with Crippen LogP contribution in [0, 0.1) is 0 Å². The summed E-state index contributed by atoms with van der Waals surface area (Å²) in [7, 11) is -1.44. The van der Waals surface area contributed by atoms with Crippen molar-refractivity contribution >= 4 is 33.2 Å². The van der Waals surface area contributed by atoms with Crippen LogP contribution in [0.5, 0.6) is 5.75 Å². The standard InChI is InChI=1S/C18H27ClN4O4S/c1-21-8-10-22(11-9-21)7-3-6-20-18(24)17-13-23(28(2,25)26)15-12-14(19)4-5-16(15)27-17/h4-5,12,17H,3,6-11,13H2,1-2H3,(H,20,24)/t17-/m1/s1. The average Bonchev–Trinajstić information content (AvgIpc) is 2.64. The first-order chi connectivity index (χ1) is 13.2. The second-order valence-electron chi connectivity index (χ2n) is 7.30. The Morgan fingerprint density at radius 3 is 2.68 bits per heavy atom. The molecule has 0 unspecified atom stereocenters. The molecule has 0 bridgehead atoms. The quantitative estimate of drug-likeness (QED) is 0.666. The fraction of sp³-hybridized carbons (Fsp3) is 0.611. The van der Waals surface area contributed by atoms with Gasteiger partial charge in [0.2, 0.25) is 10.0 Å². The summed E-state index contributed by atoms with van der Waals surface area (Å²) in [6.45, 7) is 5.59. The normalized spacial score (nSPS) is 21.1. The maximum atomic E-state index is 12.5. The molecule has 8 nitrogen and oxygen atoms in total. The van der Waals surface area contributed by atoms with Gasteiger partial charge in [-0.1, -0.05) is 11.6 Å². The Morgan fingerprint density at radius 2 is 2.00 bits per heavy atom. The molecule has 2 aliphatic heterocycles. The minimum absolute atomic E-state index is 0.0729. The number of carbonyl (C=O) groups excluding carboxylic acids is 1. The highest BCUT2D eigenvalue weighted by Crippen LogP contribution is 2.37. The number of halogens is 1. The Balaban J connectivity index is 1.55. The number of hydrogen-bond acceptors (Lipinski definition) is 6. The molecule has 2 heterocycles. The van der Waals surface area contributed by atoms with Gasteiger partial charge in [0.25, 0.3) is 5.91 Å². The van der Waals surface area contributed by atoms with Gasteiger partial charge in [0, 0.05) is 37.7 Å². The van der Waals surface area contributed by atoms with E-state index in [2.05, 4.69) is 22.2 Å². The lowest BCUT2D eigenvalue weighted by Crippen LogP contribution is -2.51. The lowest BCUT2D eigenvalue weighted by atomic mass is 10.2. The van der Waals surface area contributed by atoms with E-state index in [-0.39, 0.29) is 12.5 Å². The first kappa shape index (κ1) is 21.2. The van der Waals surface area contributed by atoms with Crippen molar-refractivity contribution in [3.8, 4) is 5.75 Å². The largest absolute Gasteiger partial charge is 0.476 e. The van der Waals surface area contributed by atoms with Gasteiger partial charge in [-0.15, -0.1) is 0 Å². The monoisotopic (exact) mass is 430 g/mol. The van der Waals surface area contributed by atoms with Gasteiger partial charge in [0.05, 0.1) is 18.5 Å². The van der Waals surface area contributed by atoms with E-state index < -0.39 is 16.1 Å². The predicted octanol–water partition coefficient (Wildman–Crippen LogP) is 0.621. The Labute approximate surface area is 171 Å². The van der Waals surface area contributed by atoms with Crippen LogP contribution in [0.1, 0.15) is 6.42 Å². The lowest BCUT2D eigenvalue weighted by Gasteiger charge is -2.34. The third-order valence-corrected chi connectivity index (χ3v) is 6.41. The number of benzene rings is 1. The topological polar surface area (TPSA) is 82.2 Å². The third kappa shape index (κ3) is 5.28. The molecule has 1 aromatic carbocycles. The summed E-state index contributed by atoms with van der Waals surface area (Å²) in [5.41, 5.74) is 0.356. The molecule has 2 aliphatic rings. The Morgan fingerprint density at radius 1 is 1.29 bits per heavy atom. The molecule has 3 rings (SSSR count). The minimum atomic E-state index is -3.56. The van der Waals surface area contributed by atoms with Gasteiger partial charge in [0.1, 0.15) is 5.75 Å². The molecule has 10 heteroatoms. The number of rotatable bonds is 6. The van der Waals surface area contributed by atoms with E-state index in [1.165, 1.54) is 10.4 Å². The molecule has 156 valence electrons. The maximum Gasteiger partial charge on any atom is 0.263 e. The lowest BCUT2D eigenvalue weighted by molar-refractivity contribution is -0.127. The number of carbonyl (C=O) groups is 1. The van der Waals surface area contributed by atoms with Crippen molar-refractivity contribution in [1.82, 2.24) is 15.1 Å². The zero-order valence-electron chi connectivity index (χ0n) is 16.2. The Hall–Kier alpha value is -1.55. The maximum absolute atomic E-state index is 12.5. The van der Waals surface area contributed by atoms with Gasteiger partial charge in [-0.25, -0.2) is 8.42 Å². The number of amides is 1. The minimum Gasteiger partial charge on any atom is -0.476 e. The van der Waals surface area contributed by atoms with Crippen molar-refractivity contribution in [3.05, 3.63) is 23.2 Å². The van der Waals surface area contributed by atoms with Crippen LogP contribution in [0.4, 0.5) is 5.69 Å². The van der Waals surface area contributed by atoms with Crippen molar-refractivity contribution in [3.63, 3.8) is 0 Å². The zero-order valence-corrected chi connectivity index (χ0v) is 17.8. The number of anilines is 1. The van der Waals surface area contributed by atoms with E-state index in [1.54, 1.807) is 12.1 Å². The summed E-state index contributed by atoms with van der Waals surface area (Å²) < 4.78 is 31.3. The van der Waals surface area contributed by atoms with Crippen LogP contribution in [-0.2, 0) is 14.8 Å². The highest BCUT2D eigenvalue weighted by molar-refractivity contribution is 7.92. The number of nitrogens with zero attached hydrogens (tertiary/aromatic N) is 3. The summed E-state index contributed by atoms with van der Waals surface area (Å²) in [6.07, 6.45) is 1.05. The zero-order chi connectivity index (χ0) is 20.3. The number of fused-ring (bicyclic) bond motifs is 1. The second-order valence-corrected chi connectivity index (χ2v) is 9.65. The molecule has 1 fully saturated rings. The highest BCUT2D eigenvalue weighted by atomic mass is 35.5. The van der Waals surface area contributed by atoms with Gasteiger partial charge in [-0.3, -0.25) is 9.10 Å². The third-order valence-electron chi connectivity index (χ3n) is 5.03. The Kier molecular flexibility index (Phi) is 6.69. The molecule has 1 amide bonds. The average molecular weight is 431 g/mol. The molecular formula is C18H27ClN4O4S. The van der Waals surface area contributed by atoms with E-state index in [0.29, 0.717) is 23.0 Å². The van der Waals surface area contributed by atoms with Gasteiger partial charge >= 0.3 is 0 Å². The van der Waals surface area contributed by atoms with E-state index >= 15 is 0 Å². The fourth-order valence-corrected chi connectivity index (χ4v) is 4.45. The molecular weight excluding hydrogens is 404 g/mol. The van der Waals surface area contributed by atoms with Crippen LogP contribution in [0.2, 0.25) is 5.02 Å². The molecule has 1 N–H and O–H groups in total. The van der Waals surface area contributed by atoms with Crippen LogP contribution in [0.25, 0.3) is 0 Å². The van der Waals surface area contributed by atoms with Gasteiger partial charge in [-0.2, -0.15) is 0 Å². The smallest absolute Gasteiger partial charge is 0.263 e. The van der Waals surface area contributed by atoms with Gasteiger partial charge in [-0.05, 0) is 38.2 Å². The van der Waals surface area contributed by atoms with Crippen LogP contribution in [0.15, 0.2) is 18.2 Å². The summed E-state index contributed by atoms with van der Waals surface area (Å²) >= 11 is 5.98. The van der Waals surface area contributed by atoms with Crippen molar-refractivity contribution in [2.24, 2.45) is 0 Å². The van der Waals surface area contributed by atoms with E-state index in [4.69, 9.17) is 16.3 Å². The van der Waals surface area contributed by atoms with Crippen LogP contribution >= 0.6 is 11.6 Å².